The maximum atomic E-state index is 12.8. The standard InChI is InChI=1S/C19H21NO3S2/c1-12(23-19(22)17-11-13-5-2-7-15(13)25-17)18(21)20-9-3-6-14(20)16-8-4-10-24-16/h4,8,10-12,14H,2-3,5-7,9H2,1H3/t12-,14+/m1/s1. The Bertz CT molecular complexity index is 759. The lowest BCUT2D eigenvalue weighted by molar-refractivity contribution is -0.140. The summed E-state index contributed by atoms with van der Waals surface area (Å²) >= 11 is 3.19. The van der Waals surface area contributed by atoms with Crippen molar-refractivity contribution in [2.75, 3.05) is 6.54 Å². The Morgan fingerprint density at radius 2 is 2.20 bits per heavy atom. The van der Waals surface area contributed by atoms with Crippen LogP contribution in [0, 0.1) is 0 Å². The fourth-order valence-electron chi connectivity index (χ4n) is 3.74. The number of esters is 1. The van der Waals surface area contributed by atoms with Crippen molar-refractivity contribution >= 4 is 34.6 Å². The Morgan fingerprint density at radius 3 is 2.96 bits per heavy atom. The van der Waals surface area contributed by atoms with Crippen LogP contribution in [0.25, 0.3) is 0 Å². The van der Waals surface area contributed by atoms with Gasteiger partial charge in [-0.3, -0.25) is 4.79 Å². The zero-order chi connectivity index (χ0) is 17.4. The molecule has 4 nitrogen and oxygen atoms in total. The van der Waals surface area contributed by atoms with E-state index in [1.54, 1.807) is 18.3 Å². The van der Waals surface area contributed by atoms with E-state index >= 15 is 0 Å². The summed E-state index contributed by atoms with van der Waals surface area (Å²) in [5.74, 6) is -0.458. The van der Waals surface area contributed by atoms with Gasteiger partial charge in [-0.05, 0) is 62.1 Å². The summed E-state index contributed by atoms with van der Waals surface area (Å²) in [4.78, 5) is 30.2. The molecular weight excluding hydrogens is 354 g/mol. The number of aryl methyl sites for hydroxylation is 2. The van der Waals surface area contributed by atoms with Crippen LogP contribution in [-0.2, 0) is 22.4 Å². The van der Waals surface area contributed by atoms with Crippen molar-refractivity contribution in [2.45, 2.75) is 51.2 Å². The highest BCUT2D eigenvalue weighted by Gasteiger charge is 2.34. The molecule has 1 amide bonds. The van der Waals surface area contributed by atoms with Crippen LogP contribution in [0.3, 0.4) is 0 Å². The maximum Gasteiger partial charge on any atom is 0.349 e. The van der Waals surface area contributed by atoms with Crippen LogP contribution in [0.15, 0.2) is 23.6 Å². The Labute approximate surface area is 155 Å². The zero-order valence-corrected chi connectivity index (χ0v) is 15.8. The monoisotopic (exact) mass is 375 g/mol. The third-order valence-electron chi connectivity index (χ3n) is 4.99. The van der Waals surface area contributed by atoms with E-state index in [9.17, 15) is 9.59 Å². The second kappa shape index (κ2) is 6.92. The number of nitrogens with zero attached hydrogens (tertiary/aromatic N) is 1. The van der Waals surface area contributed by atoms with Crippen LogP contribution in [0.2, 0.25) is 0 Å². The van der Waals surface area contributed by atoms with Crippen molar-refractivity contribution in [1.82, 2.24) is 4.90 Å². The fraction of sp³-hybridized carbons (Fsp3) is 0.474. The lowest BCUT2D eigenvalue weighted by Crippen LogP contribution is -2.39. The van der Waals surface area contributed by atoms with Crippen molar-refractivity contribution in [3.8, 4) is 0 Å². The molecule has 1 saturated heterocycles. The van der Waals surface area contributed by atoms with Crippen LogP contribution in [-0.4, -0.2) is 29.4 Å². The van der Waals surface area contributed by atoms with Gasteiger partial charge >= 0.3 is 5.97 Å². The Kier molecular flexibility index (Phi) is 4.65. The van der Waals surface area contributed by atoms with E-state index in [1.807, 2.05) is 22.4 Å². The molecule has 2 aromatic heterocycles. The van der Waals surface area contributed by atoms with Crippen molar-refractivity contribution in [2.24, 2.45) is 0 Å². The predicted molar refractivity (Wildman–Crippen MR) is 99.2 cm³/mol. The van der Waals surface area contributed by atoms with Gasteiger partial charge in [-0.25, -0.2) is 4.79 Å². The zero-order valence-electron chi connectivity index (χ0n) is 14.2. The summed E-state index contributed by atoms with van der Waals surface area (Å²) in [5, 5.41) is 2.04. The molecule has 6 heteroatoms. The van der Waals surface area contributed by atoms with Gasteiger partial charge in [0.05, 0.1) is 6.04 Å². The van der Waals surface area contributed by atoms with Crippen LogP contribution in [0.4, 0.5) is 0 Å². The third-order valence-corrected chi connectivity index (χ3v) is 7.18. The minimum Gasteiger partial charge on any atom is -0.448 e. The van der Waals surface area contributed by atoms with E-state index in [0.717, 1.165) is 32.2 Å². The van der Waals surface area contributed by atoms with E-state index in [2.05, 4.69) is 6.07 Å². The van der Waals surface area contributed by atoms with Crippen LogP contribution >= 0.6 is 22.7 Å². The number of amides is 1. The summed E-state index contributed by atoms with van der Waals surface area (Å²) in [7, 11) is 0. The second-order valence-corrected chi connectivity index (χ2v) is 8.78. The molecule has 0 bridgehead atoms. The molecule has 0 saturated carbocycles. The van der Waals surface area contributed by atoms with E-state index in [1.165, 1.54) is 33.1 Å². The molecule has 4 rings (SSSR count). The first-order valence-corrected chi connectivity index (χ1v) is 10.5. The van der Waals surface area contributed by atoms with E-state index in [4.69, 9.17) is 4.74 Å². The first kappa shape index (κ1) is 16.8. The largest absolute Gasteiger partial charge is 0.448 e. The quantitative estimate of drug-likeness (QED) is 0.752. The molecule has 0 unspecified atom stereocenters. The highest BCUT2D eigenvalue weighted by atomic mass is 32.1. The molecule has 1 aliphatic carbocycles. The number of ether oxygens (including phenoxy) is 1. The highest BCUT2D eigenvalue weighted by molar-refractivity contribution is 7.14. The molecule has 0 spiro atoms. The average molecular weight is 376 g/mol. The van der Waals surface area contributed by atoms with Gasteiger partial charge in [0.1, 0.15) is 4.88 Å². The Hall–Kier alpha value is -1.66. The van der Waals surface area contributed by atoms with Crippen LogP contribution < -0.4 is 0 Å². The minimum absolute atomic E-state index is 0.0895. The molecule has 25 heavy (non-hydrogen) atoms. The Morgan fingerprint density at radius 1 is 1.32 bits per heavy atom. The molecule has 0 N–H and O–H groups in total. The van der Waals surface area contributed by atoms with E-state index < -0.39 is 6.10 Å². The molecule has 0 aromatic carbocycles. The fourth-order valence-corrected chi connectivity index (χ4v) is 5.75. The first-order chi connectivity index (χ1) is 12.1. The summed E-state index contributed by atoms with van der Waals surface area (Å²) in [5.41, 5.74) is 1.27. The first-order valence-electron chi connectivity index (χ1n) is 8.80. The van der Waals surface area contributed by atoms with Gasteiger partial charge in [0, 0.05) is 16.3 Å². The molecule has 1 fully saturated rings. The maximum absolute atomic E-state index is 12.8. The summed E-state index contributed by atoms with van der Waals surface area (Å²) in [6.07, 6.45) is 4.49. The van der Waals surface area contributed by atoms with Crippen molar-refractivity contribution in [3.63, 3.8) is 0 Å². The molecule has 1 aliphatic heterocycles. The van der Waals surface area contributed by atoms with E-state index in [-0.39, 0.29) is 17.9 Å². The molecule has 2 atom stereocenters. The van der Waals surface area contributed by atoms with Crippen molar-refractivity contribution in [3.05, 3.63) is 43.8 Å². The van der Waals surface area contributed by atoms with Gasteiger partial charge in [0.15, 0.2) is 6.10 Å². The van der Waals surface area contributed by atoms with Gasteiger partial charge in [0.25, 0.3) is 5.91 Å². The normalized spacial score (nSPS) is 20.5. The number of thiophene rings is 2. The lowest BCUT2D eigenvalue weighted by atomic mass is 10.2. The lowest BCUT2D eigenvalue weighted by Gasteiger charge is -2.26. The molecule has 2 aliphatic rings. The third kappa shape index (κ3) is 3.25. The molecule has 3 heterocycles. The van der Waals surface area contributed by atoms with Gasteiger partial charge in [-0.1, -0.05) is 6.07 Å². The van der Waals surface area contributed by atoms with Crippen LogP contribution in [0.5, 0.6) is 0 Å². The number of carbonyl (C=O) groups is 2. The number of hydrogen-bond donors (Lipinski definition) is 0. The summed E-state index contributed by atoms with van der Waals surface area (Å²) in [6, 6.07) is 6.15. The summed E-state index contributed by atoms with van der Waals surface area (Å²) < 4.78 is 5.50. The number of hydrogen-bond acceptors (Lipinski definition) is 5. The van der Waals surface area contributed by atoms with Gasteiger partial charge < -0.3 is 9.64 Å². The molecule has 0 radical (unpaired) electrons. The van der Waals surface area contributed by atoms with Gasteiger partial charge in [0.2, 0.25) is 0 Å². The predicted octanol–water partition coefficient (Wildman–Crippen LogP) is 4.21. The van der Waals surface area contributed by atoms with E-state index in [0.29, 0.717) is 4.88 Å². The van der Waals surface area contributed by atoms with Crippen LogP contribution in [0.1, 0.15) is 57.2 Å². The number of fused-ring (bicyclic) bond motifs is 1. The molecule has 132 valence electrons. The SMILES string of the molecule is C[C@@H](OC(=O)c1cc2c(s1)CCC2)C(=O)N1CCC[C@H]1c1cccs1. The Balaban J connectivity index is 1.42. The van der Waals surface area contributed by atoms with Gasteiger partial charge in [-0.2, -0.15) is 0 Å². The number of rotatable bonds is 4. The highest BCUT2D eigenvalue weighted by Crippen LogP contribution is 2.35. The number of carbonyl (C=O) groups excluding carboxylic acids is 2. The average Bonchev–Trinajstić information content (AvgIpc) is 3.36. The van der Waals surface area contributed by atoms with Crippen molar-refractivity contribution < 1.29 is 14.3 Å². The second-order valence-electron chi connectivity index (χ2n) is 6.67. The summed E-state index contributed by atoms with van der Waals surface area (Å²) in [6.45, 7) is 2.42. The topological polar surface area (TPSA) is 46.6 Å². The smallest absolute Gasteiger partial charge is 0.349 e. The number of likely N-dealkylation sites (tertiary alicyclic amines) is 1. The molecule has 2 aromatic rings. The van der Waals surface area contributed by atoms with Gasteiger partial charge in [-0.15, -0.1) is 22.7 Å². The van der Waals surface area contributed by atoms with Crippen molar-refractivity contribution in [1.29, 1.82) is 0 Å². The molecular formula is C19H21NO3S2. The minimum atomic E-state index is -0.745.